The summed E-state index contributed by atoms with van der Waals surface area (Å²) in [5.41, 5.74) is 1.60. The van der Waals surface area contributed by atoms with Gasteiger partial charge in [0.15, 0.2) is 0 Å². The molecule has 0 aliphatic carbocycles. The monoisotopic (exact) mass is 366 g/mol. The molecule has 2 aromatic heterocycles. The number of hydrogen-bond acceptors (Lipinski definition) is 4. The van der Waals surface area contributed by atoms with Gasteiger partial charge >= 0.3 is 7.12 Å². The largest absolute Gasteiger partial charge is 0.494 e. The summed E-state index contributed by atoms with van der Waals surface area (Å²) in [6.07, 6.45) is 3.88. The second-order valence-electron chi connectivity index (χ2n) is 7.69. The van der Waals surface area contributed by atoms with Gasteiger partial charge in [-0.15, -0.1) is 11.3 Å². The first-order valence-corrected chi connectivity index (χ1v) is 9.73. The first-order valence-electron chi connectivity index (χ1n) is 8.85. The van der Waals surface area contributed by atoms with Crippen molar-refractivity contribution in [1.82, 2.24) is 9.55 Å². The average molecular weight is 366 g/mol. The van der Waals surface area contributed by atoms with Gasteiger partial charge < -0.3 is 13.9 Å². The Bertz CT molecular complexity index is 886. The van der Waals surface area contributed by atoms with Gasteiger partial charge in [-0.1, -0.05) is 30.3 Å². The van der Waals surface area contributed by atoms with Crippen LogP contribution in [-0.2, 0) is 15.9 Å². The molecule has 1 fully saturated rings. The highest BCUT2D eigenvalue weighted by Gasteiger charge is 2.51. The smallest absolute Gasteiger partial charge is 0.399 e. The Morgan fingerprint density at radius 2 is 1.85 bits per heavy atom. The van der Waals surface area contributed by atoms with E-state index < -0.39 is 0 Å². The first kappa shape index (κ1) is 17.5. The summed E-state index contributed by atoms with van der Waals surface area (Å²) in [6, 6.07) is 12.6. The van der Waals surface area contributed by atoms with Crippen molar-refractivity contribution < 1.29 is 9.31 Å². The fourth-order valence-electron chi connectivity index (χ4n) is 3.08. The Kier molecular flexibility index (Phi) is 4.30. The Hall–Kier alpha value is -1.89. The number of imidazole rings is 1. The highest BCUT2D eigenvalue weighted by molar-refractivity contribution is 7.13. The van der Waals surface area contributed by atoms with Crippen LogP contribution in [0.4, 0.5) is 0 Å². The minimum Gasteiger partial charge on any atom is -0.399 e. The molecule has 0 unspecified atom stereocenters. The van der Waals surface area contributed by atoms with Gasteiger partial charge in [0.1, 0.15) is 5.82 Å². The van der Waals surface area contributed by atoms with Crippen molar-refractivity contribution in [2.24, 2.45) is 0 Å². The van der Waals surface area contributed by atoms with E-state index in [4.69, 9.17) is 9.31 Å². The topological polar surface area (TPSA) is 36.3 Å². The number of benzene rings is 1. The molecule has 1 saturated heterocycles. The van der Waals surface area contributed by atoms with Gasteiger partial charge in [0, 0.05) is 18.9 Å². The third-order valence-electron chi connectivity index (χ3n) is 5.29. The molecule has 6 heteroatoms. The SMILES string of the molecule is CC1(C)OB(c2cccc(Cn3ccnc3-c3cccs3)c2)OC1(C)C. The maximum absolute atomic E-state index is 6.18. The molecule has 0 atom stereocenters. The van der Waals surface area contributed by atoms with Crippen molar-refractivity contribution in [2.45, 2.75) is 45.4 Å². The lowest BCUT2D eigenvalue weighted by Crippen LogP contribution is -2.41. The van der Waals surface area contributed by atoms with Crippen LogP contribution in [-0.4, -0.2) is 27.9 Å². The predicted molar refractivity (Wildman–Crippen MR) is 107 cm³/mol. The quantitative estimate of drug-likeness (QED) is 0.656. The Labute approximate surface area is 158 Å². The number of rotatable bonds is 4. The third-order valence-corrected chi connectivity index (χ3v) is 6.15. The molecule has 4 rings (SSSR count). The molecule has 0 radical (unpaired) electrons. The normalized spacial score (nSPS) is 18.4. The first-order chi connectivity index (χ1) is 12.4. The fourth-order valence-corrected chi connectivity index (χ4v) is 3.82. The van der Waals surface area contributed by atoms with E-state index >= 15 is 0 Å². The van der Waals surface area contributed by atoms with Gasteiger partial charge in [-0.25, -0.2) is 4.98 Å². The van der Waals surface area contributed by atoms with Crippen molar-refractivity contribution in [1.29, 1.82) is 0 Å². The molecule has 26 heavy (non-hydrogen) atoms. The van der Waals surface area contributed by atoms with E-state index in [1.165, 1.54) is 10.4 Å². The molecule has 0 bridgehead atoms. The molecule has 134 valence electrons. The summed E-state index contributed by atoms with van der Waals surface area (Å²) < 4.78 is 14.5. The summed E-state index contributed by atoms with van der Waals surface area (Å²) in [5, 5.41) is 2.08. The van der Waals surface area contributed by atoms with Gasteiger partial charge in [-0.05, 0) is 50.2 Å². The van der Waals surface area contributed by atoms with E-state index in [0.717, 1.165) is 17.8 Å². The van der Waals surface area contributed by atoms with E-state index in [1.807, 2.05) is 12.4 Å². The lowest BCUT2D eigenvalue weighted by molar-refractivity contribution is 0.00578. The van der Waals surface area contributed by atoms with E-state index in [2.05, 4.69) is 79.0 Å². The number of aromatic nitrogens is 2. The van der Waals surface area contributed by atoms with Crippen LogP contribution in [0.2, 0.25) is 0 Å². The predicted octanol–water partition coefficient (Wildman–Crippen LogP) is 3.96. The third kappa shape index (κ3) is 3.13. The van der Waals surface area contributed by atoms with Gasteiger partial charge in [-0.2, -0.15) is 0 Å². The highest BCUT2D eigenvalue weighted by atomic mass is 32.1. The van der Waals surface area contributed by atoms with Crippen molar-refractivity contribution in [3.63, 3.8) is 0 Å². The van der Waals surface area contributed by atoms with Crippen LogP contribution in [0, 0.1) is 0 Å². The molecule has 3 aromatic rings. The van der Waals surface area contributed by atoms with Crippen LogP contribution >= 0.6 is 11.3 Å². The summed E-state index contributed by atoms with van der Waals surface area (Å²) in [6.45, 7) is 9.08. The van der Waals surface area contributed by atoms with Crippen LogP contribution in [0.5, 0.6) is 0 Å². The summed E-state index contributed by atoms with van der Waals surface area (Å²) >= 11 is 1.71. The summed E-state index contributed by atoms with van der Waals surface area (Å²) in [7, 11) is -0.334. The number of thiophene rings is 1. The average Bonchev–Trinajstić information content (AvgIpc) is 3.28. The van der Waals surface area contributed by atoms with E-state index in [9.17, 15) is 0 Å². The minimum atomic E-state index is -0.334. The standard InChI is InChI=1S/C20H23BN2O2S/c1-19(2)20(3,4)25-21(24-19)16-8-5-7-15(13-16)14-23-11-10-22-18(23)17-9-6-12-26-17/h5-13H,14H2,1-4H3. The zero-order valence-electron chi connectivity index (χ0n) is 15.6. The zero-order chi connectivity index (χ0) is 18.4. The zero-order valence-corrected chi connectivity index (χ0v) is 16.4. The molecule has 4 nitrogen and oxygen atoms in total. The van der Waals surface area contributed by atoms with Crippen LogP contribution < -0.4 is 5.46 Å². The lowest BCUT2D eigenvalue weighted by Gasteiger charge is -2.32. The molecular formula is C20H23BN2O2S. The molecule has 3 heterocycles. The van der Waals surface area contributed by atoms with Crippen LogP contribution in [0.15, 0.2) is 54.2 Å². The second kappa shape index (κ2) is 6.37. The van der Waals surface area contributed by atoms with Gasteiger partial charge in [-0.3, -0.25) is 0 Å². The maximum Gasteiger partial charge on any atom is 0.494 e. The molecule has 0 spiro atoms. The molecule has 0 amide bonds. The van der Waals surface area contributed by atoms with Crippen molar-refractivity contribution in [3.8, 4) is 10.7 Å². The highest BCUT2D eigenvalue weighted by Crippen LogP contribution is 2.36. The van der Waals surface area contributed by atoms with E-state index in [-0.39, 0.29) is 18.3 Å². The Morgan fingerprint density at radius 1 is 1.08 bits per heavy atom. The number of hydrogen-bond donors (Lipinski definition) is 0. The van der Waals surface area contributed by atoms with Crippen molar-refractivity contribution >= 4 is 23.9 Å². The van der Waals surface area contributed by atoms with Gasteiger partial charge in [0.2, 0.25) is 0 Å². The van der Waals surface area contributed by atoms with Crippen molar-refractivity contribution in [3.05, 3.63) is 59.7 Å². The fraction of sp³-hybridized carbons (Fsp3) is 0.350. The molecular weight excluding hydrogens is 343 g/mol. The van der Waals surface area contributed by atoms with Gasteiger partial charge in [0.05, 0.1) is 16.1 Å². The van der Waals surface area contributed by atoms with Crippen LogP contribution in [0.1, 0.15) is 33.3 Å². The van der Waals surface area contributed by atoms with E-state index in [1.54, 1.807) is 11.3 Å². The molecule has 1 aliphatic rings. The minimum absolute atomic E-state index is 0.329. The lowest BCUT2D eigenvalue weighted by atomic mass is 9.78. The summed E-state index contributed by atoms with van der Waals surface area (Å²) in [4.78, 5) is 5.69. The molecule has 0 N–H and O–H groups in total. The van der Waals surface area contributed by atoms with Crippen LogP contribution in [0.25, 0.3) is 10.7 Å². The van der Waals surface area contributed by atoms with Crippen LogP contribution in [0.3, 0.4) is 0 Å². The number of nitrogens with zero attached hydrogens (tertiary/aromatic N) is 2. The maximum atomic E-state index is 6.18. The molecule has 1 aliphatic heterocycles. The van der Waals surface area contributed by atoms with Crippen molar-refractivity contribution in [2.75, 3.05) is 0 Å². The Balaban J connectivity index is 1.58. The molecule has 0 saturated carbocycles. The van der Waals surface area contributed by atoms with E-state index in [0.29, 0.717) is 0 Å². The molecule has 1 aromatic carbocycles. The Morgan fingerprint density at radius 3 is 2.54 bits per heavy atom. The summed E-state index contributed by atoms with van der Waals surface area (Å²) in [5.74, 6) is 1.00. The second-order valence-corrected chi connectivity index (χ2v) is 8.64. The van der Waals surface area contributed by atoms with Gasteiger partial charge in [0.25, 0.3) is 0 Å².